The Morgan fingerprint density at radius 1 is 1.41 bits per heavy atom. The number of imidazole rings is 1. The normalized spacial score (nSPS) is 10.4. The van der Waals surface area contributed by atoms with Gasteiger partial charge in [0, 0.05) is 12.0 Å². The molecule has 0 radical (unpaired) electrons. The van der Waals surface area contributed by atoms with Gasteiger partial charge in [0.15, 0.2) is 0 Å². The van der Waals surface area contributed by atoms with Crippen LogP contribution in [0.25, 0.3) is 11.3 Å². The molecule has 1 heterocycles. The molecule has 17 heavy (non-hydrogen) atoms. The van der Waals surface area contributed by atoms with Gasteiger partial charge < -0.3 is 10.1 Å². The number of carboxylic acid groups (broad SMARTS) is 1. The average molecular weight is 234 g/mol. The predicted octanol–water partition coefficient (Wildman–Crippen LogP) is 2.23. The third kappa shape index (κ3) is 2.69. The third-order valence-corrected chi connectivity index (χ3v) is 2.37. The van der Waals surface area contributed by atoms with E-state index in [0.29, 0.717) is 23.5 Å². The fourth-order valence-corrected chi connectivity index (χ4v) is 1.53. The third-order valence-electron chi connectivity index (χ3n) is 2.37. The number of halogens is 1. The Balaban J connectivity index is 2.18. The van der Waals surface area contributed by atoms with E-state index in [1.54, 1.807) is 18.2 Å². The van der Waals surface area contributed by atoms with Crippen LogP contribution in [-0.4, -0.2) is 21.0 Å². The van der Waals surface area contributed by atoms with Crippen molar-refractivity contribution in [2.75, 3.05) is 0 Å². The quantitative estimate of drug-likeness (QED) is 0.852. The van der Waals surface area contributed by atoms with Crippen molar-refractivity contribution in [2.24, 2.45) is 0 Å². The van der Waals surface area contributed by atoms with Gasteiger partial charge in [-0.05, 0) is 12.1 Å². The van der Waals surface area contributed by atoms with Crippen molar-refractivity contribution in [3.63, 3.8) is 0 Å². The molecule has 2 N–H and O–H groups in total. The molecule has 0 atom stereocenters. The lowest BCUT2D eigenvalue weighted by Gasteiger charge is -1.98. The van der Waals surface area contributed by atoms with Crippen LogP contribution in [0.2, 0.25) is 0 Å². The number of aliphatic carboxylic acids is 1. The zero-order valence-electron chi connectivity index (χ0n) is 8.98. The summed E-state index contributed by atoms with van der Waals surface area (Å²) >= 11 is 0. The zero-order valence-corrected chi connectivity index (χ0v) is 8.98. The predicted molar refractivity (Wildman–Crippen MR) is 59.9 cm³/mol. The topological polar surface area (TPSA) is 66.0 Å². The standard InChI is InChI=1S/C12H11FN2O2/c13-9-4-2-1-3-8(9)10-7-14-11(15-10)5-6-12(16)17/h1-4,7H,5-6H2,(H,14,15)(H,16,17). The summed E-state index contributed by atoms with van der Waals surface area (Å²) in [6.45, 7) is 0. The van der Waals surface area contributed by atoms with Gasteiger partial charge in [0.05, 0.1) is 18.3 Å². The molecule has 0 fully saturated rings. The Morgan fingerprint density at radius 2 is 2.18 bits per heavy atom. The van der Waals surface area contributed by atoms with Gasteiger partial charge in [0.2, 0.25) is 0 Å². The molecule has 4 nitrogen and oxygen atoms in total. The molecular weight excluding hydrogens is 223 g/mol. The highest BCUT2D eigenvalue weighted by Crippen LogP contribution is 2.20. The molecular formula is C12H11FN2O2. The fourth-order valence-electron chi connectivity index (χ4n) is 1.53. The van der Waals surface area contributed by atoms with E-state index in [4.69, 9.17) is 5.11 Å². The van der Waals surface area contributed by atoms with E-state index in [1.807, 2.05) is 0 Å². The molecule has 0 aliphatic heterocycles. The highest BCUT2D eigenvalue weighted by molar-refractivity contribution is 5.67. The van der Waals surface area contributed by atoms with Crippen LogP contribution in [0.4, 0.5) is 4.39 Å². The minimum Gasteiger partial charge on any atom is -0.481 e. The number of hydrogen-bond acceptors (Lipinski definition) is 2. The number of carbonyl (C=O) groups is 1. The first-order valence-corrected chi connectivity index (χ1v) is 5.17. The molecule has 1 aromatic carbocycles. The molecule has 0 spiro atoms. The van der Waals surface area contributed by atoms with Crippen LogP contribution in [0.5, 0.6) is 0 Å². The number of benzene rings is 1. The van der Waals surface area contributed by atoms with E-state index >= 15 is 0 Å². The first-order valence-electron chi connectivity index (χ1n) is 5.17. The Hall–Kier alpha value is -2.17. The lowest BCUT2D eigenvalue weighted by atomic mass is 10.1. The summed E-state index contributed by atoms with van der Waals surface area (Å²) in [5.74, 6) is -0.666. The fraction of sp³-hybridized carbons (Fsp3) is 0.167. The highest BCUT2D eigenvalue weighted by Gasteiger charge is 2.08. The molecule has 88 valence electrons. The van der Waals surface area contributed by atoms with Crippen molar-refractivity contribution in [1.29, 1.82) is 0 Å². The summed E-state index contributed by atoms with van der Waals surface area (Å²) in [7, 11) is 0. The van der Waals surface area contributed by atoms with Crippen LogP contribution in [0, 0.1) is 5.82 Å². The minimum atomic E-state index is -0.881. The number of rotatable bonds is 4. The van der Waals surface area contributed by atoms with Crippen LogP contribution >= 0.6 is 0 Å². The summed E-state index contributed by atoms with van der Waals surface area (Å²) < 4.78 is 13.5. The maximum absolute atomic E-state index is 13.5. The van der Waals surface area contributed by atoms with Crippen molar-refractivity contribution in [3.8, 4) is 11.3 Å². The van der Waals surface area contributed by atoms with Gasteiger partial charge in [-0.2, -0.15) is 0 Å². The second kappa shape index (κ2) is 4.78. The first kappa shape index (κ1) is 11.3. The van der Waals surface area contributed by atoms with Gasteiger partial charge in [0.1, 0.15) is 11.6 Å². The largest absolute Gasteiger partial charge is 0.481 e. The summed E-state index contributed by atoms with van der Waals surface area (Å²) in [5.41, 5.74) is 0.991. The Labute approximate surface area is 97.1 Å². The van der Waals surface area contributed by atoms with Crippen LogP contribution in [0.3, 0.4) is 0 Å². The first-order chi connectivity index (χ1) is 8.16. The lowest BCUT2D eigenvalue weighted by Crippen LogP contribution is -1.98. The summed E-state index contributed by atoms with van der Waals surface area (Å²) in [6, 6.07) is 6.35. The average Bonchev–Trinajstić information content (AvgIpc) is 2.75. The molecule has 0 bridgehead atoms. The van der Waals surface area contributed by atoms with E-state index in [1.165, 1.54) is 12.3 Å². The number of aromatic nitrogens is 2. The van der Waals surface area contributed by atoms with Crippen molar-refractivity contribution in [2.45, 2.75) is 12.8 Å². The molecule has 0 saturated carbocycles. The van der Waals surface area contributed by atoms with Gasteiger partial charge in [0.25, 0.3) is 0 Å². The van der Waals surface area contributed by atoms with Crippen molar-refractivity contribution in [1.82, 2.24) is 9.97 Å². The van der Waals surface area contributed by atoms with Gasteiger partial charge in [-0.25, -0.2) is 9.37 Å². The van der Waals surface area contributed by atoms with E-state index in [-0.39, 0.29) is 12.2 Å². The van der Waals surface area contributed by atoms with E-state index in [2.05, 4.69) is 9.97 Å². The monoisotopic (exact) mass is 234 g/mol. The number of nitrogens with zero attached hydrogens (tertiary/aromatic N) is 1. The molecule has 0 aliphatic rings. The second-order valence-electron chi connectivity index (χ2n) is 3.62. The number of hydrogen-bond donors (Lipinski definition) is 2. The van der Waals surface area contributed by atoms with E-state index in [9.17, 15) is 9.18 Å². The SMILES string of the molecule is O=C(O)CCc1ncc(-c2ccccc2F)[nH]1. The van der Waals surface area contributed by atoms with Crippen LogP contribution in [0.15, 0.2) is 30.5 Å². The summed E-state index contributed by atoms with van der Waals surface area (Å²) in [6.07, 6.45) is 1.82. The van der Waals surface area contributed by atoms with Crippen LogP contribution in [-0.2, 0) is 11.2 Å². The van der Waals surface area contributed by atoms with E-state index in [0.717, 1.165) is 0 Å². The molecule has 0 aliphatic carbocycles. The lowest BCUT2D eigenvalue weighted by molar-refractivity contribution is -0.137. The second-order valence-corrected chi connectivity index (χ2v) is 3.62. The summed E-state index contributed by atoms with van der Waals surface area (Å²) in [4.78, 5) is 17.3. The van der Waals surface area contributed by atoms with E-state index < -0.39 is 5.97 Å². The van der Waals surface area contributed by atoms with Gasteiger partial charge in [-0.15, -0.1) is 0 Å². The van der Waals surface area contributed by atoms with Gasteiger partial charge in [-0.3, -0.25) is 4.79 Å². The van der Waals surface area contributed by atoms with Crippen molar-refractivity contribution in [3.05, 3.63) is 42.1 Å². The smallest absolute Gasteiger partial charge is 0.303 e. The van der Waals surface area contributed by atoms with Crippen molar-refractivity contribution < 1.29 is 14.3 Å². The molecule has 2 aromatic rings. The minimum absolute atomic E-state index is 0.00419. The number of aryl methyl sites for hydroxylation is 1. The van der Waals surface area contributed by atoms with Gasteiger partial charge in [-0.1, -0.05) is 12.1 Å². The molecule has 0 amide bonds. The Morgan fingerprint density at radius 3 is 2.88 bits per heavy atom. The Kier molecular flexibility index (Phi) is 3.18. The summed E-state index contributed by atoms with van der Waals surface area (Å²) in [5, 5.41) is 8.54. The van der Waals surface area contributed by atoms with Crippen LogP contribution < -0.4 is 0 Å². The zero-order chi connectivity index (χ0) is 12.3. The van der Waals surface area contributed by atoms with Crippen molar-refractivity contribution >= 4 is 5.97 Å². The molecule has 2 rings (SSSR count). The number of nitrogens with one attached hydrogen (secondary N) is 1. The number of aromatic amines is 1. The molecule has 5 heteroatoms. The highest BCUT2D eigenvalue weighted by atomic mass is 19.1. The maximum atomic E-state index is 13.5. The molecule has 0 saturated heterocycles. The van der Waals surface area contributed by atoms with Crippen LogP contribution in [0.1, 0.15) is 12.2 Å². The number of H-pyrrole nitrogens is 1. The molecule has 1 aromatic heterocycles. The Bertz CT molecular complexity index is 537. The number of carboxylic acids is 1. The molecule has 0 unspecified atom stereocenters. The maximum Gasteiger partial charge on any atom is 0.303 e. The van der Waals surface area contributed by atoms with Gasteiger partial charge >= 0.3 is 5.97 Å².